The third kappa shape index (κ3) is 4.92. The van der Waals surface area contributed by atoms with Crippen molar-refractivity contribution >= 4 is 41.1 Å². The molecule has 0 radical (unpaired) electrons. The van der Waals surface area contributed by atoms with Crippen molar-refractivity contribution in [3.05, 3.63) is 35.6 Å². The SMILES string of the molecule is CCCCC(OC(=O)c1ccc2c(c1)NC(=O)CS2)C(=O)Nc1cc(C)on1. The second-order valence-corrected chi connectivity index (χ2v) is 7.41. The van der Waals surface area contributed by atoms with Crippen molar-refractivity contribution in [2.45, 2.75) is 44.1 Å². The molecule has 1 aliphatic heterocycles. The van der Waals surface area contributed by atoms with Gasteiger partial charge in [-0.1, -0.05) is 18.5 Å². The molecule has 1 aromatic heterocycles. The molecule has 0 fully saturated rings. The molecule has 0 saturated carbocycles. The fourth-order valence-electron chi connectivity index (χ4n) is 2.67. The van der Waals surface area contributed by atoms with Crippen LogP contribution in [-0.4, -0.2) is 34.8 Å². The Hall–Kier alpha value is -2.81. The zero-order chi connectivity index (χ0) is 20.1. The lowest BCUT2D eigenvalue weighted by atomic mass is 10.1. The van der Waals surface area contributed by atoms with Crippen LogP contribution in [0.3, 0.4) is 0 Å². The quantitative estimate of drug-likeness (QED) is 0.682. The highest BCUT2D eigenvalue weighted by Crippen LogP contribution is 2.32. The molecule has 2 heterocycles. The van der Waals surface area contributed by atoms with Gasteiger partial charge in [-0.25, -0.2) is 4.79 Å². The summed E-state index contributed by atoms with van der Waals surface area (Å²) in [5.74, 6) is -0.0272. The molecule has 2 aromatic rings. The molecule has 2 N–H and O–H groups in total. The first-order valence-electron chi connectivity index (χ1n) is 8.98. The Bertz CT molecular complexity index is 895. The number of amides is 2. The molecule has 1 atom stereocenters. The predicted octanol–water partition coefficient (Wildman–Crippen LogP) is 3.38. The Morgan fingerprint density at radius 2 is 2.21 bits per heavy atom. The Balaban J connectivity index is 1.71. The number of nitrogens with one attached hydrogen (secondary N) is 2. The maximum atomic E-state index is 12.6. The van der Waals surface area contributed by atoms with Crippen LogP contribution in [0.15, 0.2) is 33.7 Å². The summed E-state index contributed by atoms with van der Waals surface area (Å²) in [5.41, 5.74) is 0.844. The lowest BCUT2D eigenvalue weighted by molar-refractivity contribution is -0.125. The minimum Gasteiger partial charge on any atom is -0.449 e. The summed E-state index contributed by atoms with van der Waals surface area (Å²) in [4.78, 5) is 37.6. The highest BCUT2D eigenvalue weighted by Gasteiger charge is 2.25. The second kappa shape index (κ2) is 8.92. The van der Waals surface area contributed by atoms with Gasteiger partial charge in [0.25, 0.3) is 5.91 Å². The number of anilines is 2. The van der Waals surface area contributed by atoms with Crippen LogP contribution >= 0.6 is 11.8 Å². The van der Waals surface area contributed by atoms with Gasteiger partial charge in [-0.05, 0) is 38.0 Å². The predicted molar refractivity (Wildman–Crippen MR) is 104 cm³/mol. The van der Waals surface area contributed by atoms with Crippen LogP contribution in [0.2, 0.25) is 0 Å². The van der Waals surface area contributed by atoms with Crippen LogP contribution < -0.4 is 10.6 Å². The Labute approximate surface area is 166 Å². The zero-order valence-corrected chi connectivity index (χ0v) is 16.4. The number of hydrogen-bond donors (Lipinski definition) is 2. The smallest absolute Gasteiger partial charge is 0.338 e. The van der Waals surface area contributed by atoms with E-state index in [1.165, 1.54) is 11.8 Å². The van der Waals surface area contributed by atoms with Gasteiger partial charge in [-0.2, -0.15) is 0 Å². The van der Waals surface area contributed by atoms with Gasteiger partial charge in [0, 0.05) is 11.0 Å². The largest absolute Gasteiger partial charge is 0.449 e. The average Bonchev–Trinajstić information content (AvgIpc) is 3.08. The van der Waals surface area contributed by atoms with Crippen molar-refractivity contribution in [2.75, 3.05) is 16.4 Å². The standard InChI is InChI=1S/C19H21N3O5S/c1-3-4-5-14(18(24)21-16-8-11(2)27-22-16)26-19(25)12-6-7-15-13(9-12)20-17(23)10-28-15/h6-9,14H,3-5,10H2,1-2H3,(H,20,23)(H,21,22,24). The van der Waals surface area contributed by atoms with E-state index in [0.717, 1.165) is 17.7 Å². The summed E-state index contributed by atoms with van der Waals surface area (Å²) in [7, 11) is 0. The van der Waals surface area contributed by atoms with E-state index >= 15 is 0 Å². The molecule has 0 saturated heterocycles. The molecule has 0 aliphatic carbocycles. The molecule has 3 rings (SSSR count). The van der Waals surface area contributed by atoms with Crippen LogP contribution in [0.25, 0.3) is 0 Å². The summed E-state index contributed by atoms with van der Waals surface area (Å²) in [6, 6.07) is 6.54. The van der Waals surface area contributed by atoms with E-state index in [-0.39, 0.29) is 17.3 Å². The molecule has 28 heavy (non-hydrogen) atoms. The summed E-state index contributed by atoms with van der Waals surface area (Å²) in [5, 5.41) is 9.06. The zero-order valence-electron chi connectivity index (χ0n) is 15.6. The third-order valence-electron chi connectivity index (χ3n) is 4.09. The molecule has 1 unspecified atom stereocenters. The number of carbonyl (C=O) groups excluding carboxylic acids is 3. The number of carbonyl (C=O) groups is 3. The molecule has 1 aromatic carbocycles. The number of benzene rings is 1. The summed E-state index contributed by atoms with van der Waals surface area (Å²) >= 11 is 1.41. The second-order valence-electron chi connectivity index (χ2n) is 6.40. The van der Waals surface area contributed by atoms with Gasteiger partial charge >= 0.3 is 5.97 Å². The molecule has 9 heteroatoms. The van der Waals surface area contributed by atoms with Crippen LogP contribution in [0.1, 0.15) is 42.3 Å². The highest BCUT2D eigenvalue weighted by atomic mass is 32.2. The van der Waals surface area contributed by atoms with Gasteiger partial charge in [0.15, 0.2) is 11.9 Å². The van der Waals surface area contributed by atoms with E-state index in [2.05, 4.69) is 15.8 Å². The summed E-state index contributed by atoms with van der Waals surface area (Å²) < 4.78 is 10.4. The number of hydrogen-bond acceptors (Lipinski definition) is 7. The Morgan fingerprint density at radius 3 is 2.93 bits per heavy atom. The minimum atomic E-state index is -0.954. The van der Waals surface area contributed by atoms with Gasteiger partial charge in [-0.3, -0.25) is 9.59 Å². The van der Waals surface area contributed by atoms with Crippen LogP contribution in [-0.2, 0) is 14.3 Å². The number of thioether (sulfide) groups is 1. The van der Waals surface area contributed by atoms with Crippen LogP contribution in [0, 0.1) is 6.92 Å². The van der Waals surface area contributed by atoms with Crippen molar-refractivity contribution in [1.29, 1.82) is 0 Å². The van der Waals surface area contributed by atoms with Gasteiger partial charge in [-0.15, -0.1) is 11.8 Å². The third-order valence-corrected chi connectivity index (χ3v) is 5.16. The van der Waals surface area contributed by atoms with E-state index < -0.39 is 18.0 Å². The molecule has 2 amide bonds. The van der Waals surface area contributed by atoms with Crippen molar-refractivity contribution in [3.8, 4) is 0 Å². The lowest BCUT2D eigenvalue weighted by Gasteiger charge is -2.19. The van der Waals surface area contributed by atoms with E-state index in [1.54, 1.807) is 31.2 Å². The first-order chi connectivity index (χ1) is 13.5. The number of nitrogens with zero attached hydrogens (tertiary/aromatic N) is 1. The maximum Gasteiger partial charge on any atom is 0.338 e. The molecule has 0 spiro atoms. The fraction of sp³-hybridized carbons (Fsp3) is 0.368. The maximum absolute atomic E-state index is 12.6. The number of fused-ring (bicyclic) bond motifs is 1. The molecular formula is C19H21N3O5S. The monoisotopic (exact) mass is 403 g/mol. The summed E-state index contributed by atoms with van der Waals surface area (Å²) in [6.45, 7) is 3.70. The van der Waals surface area contributed by atoms with Crippen molar-refractivity contribution in [1.82, 2.24) is 5.16 Å². The highest BCUT2D eigenvalue weighted by molar-refractivity contribution is 8.00. The minimum absolute atomic E-state index is 0.119. The van der Waals surface area contributed by atoms with Crippen molar-refractivity contribution in [3.63, 3.8) is 0 Å². The molecular weight excluding hydrogens is 382 g/mol. The van der Waals surface area contributed by atoms with E-state index in [1.807, 2.05) is 6.92 Å². The first kappa shape index (κ1) is 19.9. The molecule has 8 nitrogen and oxygen atoms in total. The first-order valence-corrected chi connectivity index (χ1v) is 9.96. The summed E-state index contributed by atoms with van der Waals surface area (Å²) in [6.07, 6.45) is 1.01. The van der Waals surface area contributed by atoms with Gasteiger partial charge < -0.3 is 19.9 Å². The van der Waals surface area contributed by atoms with Crippen molar-refractivity contribution in [2.24, 2.45) is 0 Å². The van der Waals surface area contributed by atoms with Crippen molar-refractivity contribution < 1.29 is 23.6 Å². The number of ether oxygens (including phenoxy) is 1. The number of rotatable bonds is 7. The normalized spacial score (nSPS) is 14.0. The van der Waals surface area contributed by atoms with E-state index in [4.69, 9.17) is 9.26 Å². The van der Waals surface area contributed by atoms with Gasteiger partial charge in [0.05, 0.1) is 17.0 Å². The Kier molecular flexibility index (Phi) is 6.35. The molecule has 0 bridgehead atoms. The lowest BCUT2D eigenvalue weighted by Crippen LogP contribution is -2.32. The van der Waals surface area contributed by atoms with Gasteiger partial charge in [0.2, 0.25) is 5.91 Å². The number of aromatic nitrogens is 1. The fourth-order valence-corrected chi connectivity index (χ4v) is 3.46. The van der Waals surface area contributed by atoms with E-state index in [9.17, 15) is 14.4 Å². The average molecular weight is 403 g/mol. The van der Waals surface area contributed by atoms with Gasteiger partial charge in [0.1, 0.15) is 5.76 Å². The number of aryl methyl sites for hydroxylation is 1. The van der Waals surface area contributed by atoms with Crippen LogP contribution in [0.5, 0.6) is 0 Å². The van der Waals surface area contributed by atoms with E-state index in [0.29, 0.717) is 23.6 Å². The number of esters is 1. The van der Waals surface area contributed by atoms with Crippen LogP contribution in [0.4, 0.5) is 11.5 Å². The molecule has 1 aliphatic rings. The number of unbranched alkanes of at least 4 members (excludes halogenated alkanes) is 1. The topological polar surface area (TPSA) is 111 Å². The Morgan fingerprint density at radius 1 is 1.39 bits per heavy atom. The molecule has 148 valence electrons.